The minimum Gasteiger partial charge on any atom is -0.335 e. The molecule has 5 nitrogen and oxygen atoms in total. The largest absolute Gasteiger partial charge is 0.335 e. The Labute approximate surface area is 80.3 Å². The molecule has 62 valence electrons. The SMILES string of the molecule is Cc1noc2nc(I)[nH]c(=O)c12. The third-order valence-electron chi connectivity index (χ3n) is 1.49. The van der Waals surface area contributed by atoms with Gasteiger partial charge in [-0.3, -0.25) is 4.79 Å². The van der Waals surface area contributed by atoms with Crippen LogP contribution >= 0.6 is 22.6 Å². The zero-order valence-corrected chi connectivity index (χ0v) is 8.25. The van der Waals surface area contributed by atoms with E-state index in [2.05, 4.69) is 15.1 Å². The van der Waals surface area contributed by atoms with Gasteiger partial charge in [0.05, 0.1) is 5.69 Å². The monoisotopic (exact) mass is 277 g/mol. The Morgan fingerprint density at radius 3 is 3.08 bits per heavy atom. The van der Waals surface area contributed by atoms with Crippen molar-refractivity contribution in [3.63, 3.8) is 0 Å². The first-order chi connectivity index (χ1) is 5.68. The molecule has 0 saturated heterocycles. The topological polar surface area (TPSA) is 71.8 Å². The number of nitrogens with zero attached hydrogens (tertiary/aromatic N) is 2. The van der Waals surface area contributed by atoms with Crippen LogP contribution in [0.4, 0.5) is 0 Å². The highest BCUT2D eigenvalue weighted by atomic mass is 127. The second kappa shape index (κ2) is 2.54. The normalized spacial score (nSPS) is 10.8. The highest BCUT2D eigenvalue weighted by molar-refractivity contribution is 14.1. The molecule has 0 aliphatic rings. The fraction of sp³-hybridized carbons (Fsp3) is 0.167. The van der Waals surface area contributed by atoms with E-state index in [9.17, 15) is 4.79 Å². The number of aryl methyl sites for hydroxylation is 1. The lowest BCUT2D eigenvalue weighted by Gasteiger charge is -1.87. The van der Waals surface area contributed by atoms with Crippen molar-refractivity contribution in [2.45, 2.75) is 6.92 Å². The van der Waals surface area contributed by atoms with Crippen LogP contribution in [0.5, 0.6) is 0 Å². The van der Waals surface area contributed by atoms with Crippen molar-refractivity contribution in [2.75, 3.05) is 0 Å². The number of aromatic amines is 1. The van der Waals surface area contributed by atoms with Crippen LogP contribution in [-0.2, 0) is 0 Å². The molecule has 0 aromatic carbocycles. The van der Waals surface area contributed by atoms with E-state index in [0.29, 0.717) is 20.6 Å². The summed E-state index contributed by atoms with van der Waals surface area (Å²) in [5.74, 6) is 0. The van der Waals surface area contributed by atoms with Crippen molar-refractivity contribution in [1.29, 1.82) is 0 Å². The zero-order chi connectivity index (χ0) is 8.72. The van der Waals surface area contributed by atoms with E-state index in [1.165, 1.54) is 0 Å². The van der Waals surface area contributed by atoms with Crippen LogP contribution in [0, 0.1) is 10.8 Å². The summed E-state index contributed by atoms with van der Waals surface area (Å²) in [7, 11) is 0. The molecule has 2 heterocycles. The van der Waals surface area contributed by atoms with Gasteiger partial charge < -0.3 is 9.51 Å². The maximum absolute atomic E-state index is 11.3. The number of hydrogen-bond acceptors (Lipinski definition) is 4. The minimum absolute atomic E-state index is 0.205. The van der Waals surface area contributed by atoms with Crippen molar-refractivity contribution < 1.29 is 4.52 Å². The maximum Gasteiger partial charge on any atom is 0.265 e. The molecule has 0 radical (unpaired) electrons. The van der Waals surface area contributed by atoms with Gasteiger partial charge in [-0.2, -0.15) is 4.98 Å². The number of hydrogen-bond donors (Lipinski definition) is 1. The third-order valence-corrected chi connectivity index (χ3v) is 2.00. The molecule has 12 heavy (non-hydrogen) atoms. The molecule has 0 fully saturated rings. The summed E-state index contributed by atoms with van der Waals surface area (Å²) in [4.78, 5) is 17.8. The molecular weight excluding hydrogens is 273 g/mol. The summed E-state index contributed by atoms with van der Waals surface area (Å²) < 4.78 is 5.33. The van der Waals surface area contributed by atoms with E-state index in [-0.39, 0.29) is 5.56 Å². The molecule has 0 unspecified atom stereocenters. The van der Waals surface area contributed by atoms with Crippen molar-refractivity contribution in [1.82, 2.24) is 15.1 Å². The molecule has 0 aliphatic carbocycles. The van der Waals surface area contributed by atoms with Gasteiger partial charge in [0.25, 0.3) is 11.3 Å². The summed E-state index contributed by atoms with van der Waals surface area (Å²) in [6.07, 6.45) is 0. The fourth-order valence-electron chi connectivity index (χ4n) is 0.969. The van der Waals surface area contributed by atoms with Gasteiger partial charge in [0.15, 0.2) is 3.83 Å². The van der Waals surface area contributed by atoms with Gasteiger partial charge in [0, 0.05) is 0 Å². The van der Waals surface area contributed by atoms with Gasteiger partial charge in [0.2, 0.25) is 0 Å². The third kappa shape index (κ3) is 1.02. The molecule has 0 atom stereocenters. The smallest absolute Gasteiger partial charge is 0.265 e. The Morgan fingerprint density at radius 1 is 1.58 bits per heavy atom. The van der Waals surface area contributed by atoms with Gasteiger partial charge in [-0.05, 0) is 29.5 Å². The average Bonchev–Trinajstić information content (AvgIpc) is 2.31. The predicted octanol–water partition coefficient (Wildman–Crippen LogP) is 0.824. The van der Waals surface area contributed by atoms with E-state index in [0.717, 1.165) is 0 Å². The molecule has 1 N–H and O–H groups in total. The molecule has 2 aromatic heterocycles. The highest BCUT2D eigenvalue weighted by Crippen LogP contribution is 2.10. The molecule has 0 aliphatic heterocycles. The number of rotatable bonds is 0. The number of nitrogens with one attached hydrogen (secondary N) is 1. The van der Waals surface area contributed by atoms with Crippen LogP contribution in [0.3, 0.4) is 0 Å². The number of fused-ring (bicyclic) bond motifs is 1. The summed E-state index contributed by atoms with van der Waals surface area (Å²) in [6.45, 7) is 1.70. The van der Waals surface area contributed by atoms with E-state index >= 15 is 0 Å². The van der Waals surface area contributed by atoms with Gasteiger partial charge in [-0.25, -0.2) is 0 Å². The Morgan fingerprint density at radius 2 is 2.33 bits per heavy atom. The second-order valence-electron chi connectivity index (χ2n) is 2.30. The van der Waals surface area contributed by atoms with Crippen LogP contribution in [0.1, 0.15) is 5.69 Å². The molecule has 0 bridgehead atoms. The molecule has 2 aromatic rings. The molecule has 0 spiro atoms. The lowest BCUT2D eigenvalue weighted by molar-refractivity contribution is 0.442. The Balaban J connectivity index is 3.03. The predicted molar refractivity (Wildman–Crippen MR) is 49.9 cm³/mol. The fourth-order valence-corrected chi connectivity index (χ4v) is 1.43. The van der Waals surface area contributed by atoms with E-state index in [1.807, 2.05) is 22.6 Å². The highest BCUT2D eigenvalue weighted by Gasteiger charge is 2.09. The van der Waals surface area contributed by atoms with Gasteiger partial charge in [-0.15, -0.1) is 0 Å². The molecule has 6 heteroatoms. The quantitative estimate of drug-likeness (QED) is 0.571. The van der Waals surface area contributed by atoms with Gasteiger partial charge in [-0.1, -0.05) is 5.16 Å². The average molecular weight is 277 g/mol. The first kappa shape index (κ1) is 7.71. The summed E-state index contributed by atoms with van der Waals surface area (Å²) in [5.41, 5.74) is 0.652. The summed E-state index contributed by atoms with van der Waals surface area (Å²) in [6, 6.07) is 0. The summed E-state index contributed by atoms with van der Waals surface area (Å²) >= 11 is 1.91. The molecular formula is C6H4IN3O2. The molecule has 2 rings (SSSR count). The minimum atomic E-state index is -0.205. The van der Waals surface area contributed by atoms with Crippen LogP contribution in [0.15, 0.2) is 9.32 Å². The number of aromatic nitrogens is 3. The molecule has 0 saturated carbocycles. The number of halogens is 1. The standard InChI is InChI=1S/C6H4IN3O2/c1-2-3-4(11)8-6(7)9-5(3)12-10-2/h1H3,(H,8,9,11). The van der Waals surface area contributed by atoms with Crippen LogP contribution < -0.4 is 5.56 Å². The Kier molecular flexibility index (Phi) is 1.63. The van der Waals surface area contributed by atoms with Gasteiger partial charge >= 0.3 is 0 Å². The Hall–Kier alpha value is -0.920. The van der Waals surface area contributed by atoms with E-state index in [1.54, 1.807) is 6.92 Å². The van der Waals surface area contributed by atoms with Crippen molar-refractivity contribution in [3.8, 4) is 0 Å². The van der Waals surface area contributed by atoms with Crippen molar-refractivity contribution >= 4 is 33.7 Å². The number of H-pyrrole nitrogens is 1. The first-order valence-corrected chi connectivity index (χ1v) is 4.28. The second-order valence-corrected chi connectivity index (χ2v) is 3.33. The first-order valence-electron chi connectivity index (χ1n) is 3.20. The van der Waals surface area contributed by atoms with E-state index in [4.69, 9.17) is 4.52 Å². The summed E-state index contributed by atoms with van der Waals surface area (Å²) in [5, 5.41) is 4.06. The Bertz CT molecular complexity index is 487. The van der Waals surface area contributed by atoms with Crippen LogP contribution in [0.2, 0.25) is 0 Å². The maximum atomic E-state index is 11.3. The zero-order valence-electron chi connectivity index (χ0n) is 6.09. The molecule has 0 amide bonds. The van der Waals surface area contributed by atoms with Crippen molar-refractivity contribution in [3.05, 3.63) is 19.9 Å². The van der Waals surface area contributed by atoms with Crippen LogP contribution in [-0.4, -0.2) is 15.1 Å². The lowest BCUT2D eigenvalue weighted by Crippen LogP contribution is -2.09. The van der Waals surface area contributed by atoms with Crippen LogP contribution in [0.25, 0.3) is 11.1 Å². The van der Waals surface area contributed by atoms with Gasteiger partial charge in [0.1, 0.15) is 5.39 Å². The van der Waals surface area contributed by atoms with Crippen molar-refractivity contribution in [2.24, 2.45) is 0 Å². The van der Waals surface area contributed by atoms with E-state index < -0.39 is 0 Å². The lowest BCUT2D eigenvalue weighted by atomic mass is 10.3.